The normalized spacial score (nSPS) is 15.3. The van der Waals surface area contributed by atoms with E-state index in [4.69, 9.17) is 34.6 Å². The minimum atomic E-state index is -2.74. The van der Waals surface area contributed by atoms with Gasteiger partial charge in [0.1, 0.15) is 11.6 Å². The number of benzene rings is 2. The van der Waals surface area contributed by atoms with Crippen LogP contribution in [-0.2, 0) is 26.5 Å². The molecule has 1 fully saturated rings. The average molecular weight is 550 g/mol. The predicted molar refractivity (Wildman–Crippen MR) is 134 cm³/mol. The van der Waals surface area contributed by atoms with Gasteiger partial charge in [0, 0.05) is 29.3 Å². The SMILES string of the molecule is CCOc1cc2c(cc1CNC1(c3ccccc3F)CCCC1)OCO2.O=C(O)CC(O)(CC(=O)O)C(=O)O. The highest BCUT2D eigenvalue weighted by Gasteiger charge is 2.41. The third-order valence-corrected chi connectivity index (χ3v) is 6.60. The van der Waals surface area contributed by atoms with Crippen LogP contribution in [0.4, 0.5) is 4.39 Å². The lowest BCUT2D eigenvalue weighted by atomic mass is 9.87. The number of carboxylic acids is 3. The van der Waals surface area contributed by atoms with E-state index in [1.54, 1.807) is 12.1 Å². The highest BCUT2D eigenvalue weighted by Crippen LogP contribution is 2.42. The quantitative estimate of drug-likeness (QED) is 0.278. The molecule has 1 heterocycles. The van der Waals surface area contributed by atoms with Crippen LogP contribution in [0.3, 0.4) is 0 Å². The predicted octanol–water partition coefficient (Wildman–Crippen LogP) is 3.26. The van der Waals surface area contributed by atoms with Gasteiger partial charge in [-0.2, -0.15) is 0 Å². The van der Waals surface area contributed by atoms with Crippen molar-refractivity contribution in [2.24, 2.45) is 0 Å². The van der Waals surface area contributed by atoms with E-state index in [1.807, 2.05) is 31.2 Å². The lowest BCUT2D eigenvalue weighted by molar-refractivity contribution is -0.170. The maximum atomic E-state index is 14.5. The van der Waals surface area contributed by atoms with Gasteiger partial charge >= 0.3 is 17.9 Å². The monoisotopic (exact) mass is 549 g/mol. The van der Waals surface area contributed by atoms with Crippen molar-refractivity contribution in [3.63, 3.8) is 0 Å². The standard InChI is InChI=1S/C21H24FNO3.C6H8O7/c1-2-24-18-12-20-19(25-14-26-20)11-15(18)13-23-21(9-5-6-10-21)16-7-3-4-8-17(16)22;7-3(8)1-6(13,5(11)12)2-4(9)10/h3-4,7-8,11-12,23H,2,5-6,9-10,13-14H2,1H3;13H,1-2H2,(H,7,8)(H,9,10)(H,11,12). The number of aliphatic hydroxyl groups is 1. The van der Waals surface area contributed by atoms with Crippen molar-refractivity contribution in [3.8, 4) is 17.2 Å². The minimum absolute atomic E-state index is 0.141. The van der Waals surface area contributed by atoms with Crippen molar-refractivity contribution in [2.75, 3.05) is 13.4 Å². The van der Waals surface area contributed by atoms with E-state index < -0.39 is 36.4 Å². The third-order valence-electron chi connectivity index (χ3n) is 6.60. The summed E-state index contributed by atoms with van der Waals surface area (Å²) in [4.78, 5) is 30.5. The first-order valence-corrected chi connectivity index (χ1v) is 12.4. The highest BCUT2D eigenvalue weighted by molar-refractivity contribution is 5.88. The molecule has 12 heteroatoms. The van der Waals surface area contributed by atoms with Crippen LogP contribution in [0.5, 0.6) is 17.2 Å². The van der Waals surface area contributed by atoms with Crippen molar-refractivity contribution in [1.29, 1.82) is 0 Å². The van der Waals surface area contributed by atoms with Gasteiger partial charge in [0.25, 0.3) is 0 Å². The maximum Gasteiger partial charge on any atom is 0.336 e. The summed E-state index contributed by atoms with van der Waals surface area (Å²) in [6, 6.07) is 10.9. The number of nitrogens with one attached hydrogen (secondary N) is 1. The molecule has 5 N–H and O–H groups in total. The number of carboxylic acid groups (broad SMARTS) is 3. The molecule has 1 aliphatic heterocycles. The molecule has 0 spiro atoms. The van der Waals surface area contributed by atoms with Gasteiger partial charge < -0.3 is 40.0 Å². The molecule has 2 aliphatic rings. The Balaban J connectivity index is 0.000000276. The summed E-state index contributed by atoms with van der Waals surface area (Å²) in [6.07, 6.45) is 1.77. The summed E-state index contributed by atoms with van der Waals surface area (Å²) in [6.45, 7) is 3.35. The van der Waals surface area contributed by atoms with Crippen molar-refractivity contribution in [2.45, 2.75) is 63.1 Å². The van der Waals surface area contributed by atoms with E-state index in [0.717, 1.165) is 48.3 Å². The van der Waals surface area contributed by atoms with Crippen LogP contribution in [0.25, 0.3) is 0 Å². The molecule has 2 aromatic rings. The van der Waals surface area contributed by atoms with Gasteiger partial charge in [0.05, 0.1) is 19.4 Å². The van der Waals surface area contributed by atoms with Gasteiger partial charge in [0.2, 0.25) is 6.79 Å². The summed E-state index contributed by atoms with van der Waals surface area (Å²) in [5.74, 6) is -2.93. The fraction of sp³-hybridized carbons (Fsp3) is 0.444. The van der Waals surface area contributed by atoms with E-state index in [-0.39, 0.29) is 18.1 Å². The van der Waals surface area contributed by atoms with E-state index in [9.17, 15) is 18.8 Å². The molecule has 1 aliphatic carbocycles. The zero-order chi connectivity index (χ0) is 28.6. The van der Waals surface area contributed by atoms with Gasteiger partial charge in [0.15, 0.2) is 17.1 Å². The lowest BCUT2D eigenvalue weighted by Crippen LogP contribution is -2.42. The number of ether oxygens (including phenoxy) is 3. The molecule has 4 rings (SSSR count). The molecular weight excluding hydrogens is 517 g/mol. The molecular formula is C27H32FNO10. The van der Waals surface area contributed by atoms with E-state index in [1.165, 1.54) is 0 Å². The second-order valence-corrected chi connectivity index (χ2v) is 9.35. The van der Waals surface area contributed by atoms with Gasteiger partial charge in [-0.15, -0.1) is 0 Å². The van der Waals surface area contributed by atoms with E-state index >= 15 is 0 Å². The van der Waals surface area contributed by atoms with Crippen LogP contribution >= 0.6 is 0 Å². The second-order valence-electron chi connectivity index (χ2n) is 9.35. The molecule has 0 bridgehead atoms. The van der Waals surface area contributed by atoms with Crippen molar-refractivity contribution < 1.29 is 53.4 Å². The zero-order valence-corrected chi connectivity index (χ0v) is 21.4. The van der Waals surface area contributed by atoms with Crippen LogP contribution in [0, 0.1) is 5.82 Å². The van der Waals surface area contributed by atoms with Gasteiger partial charge in [-0.25, -0.2) is 9.18 Å². The zero-order valence-electron chi connectivity index (χ0n) is 21.4. The molecule has 39 heavy (non-hydrogen) atoms. The molecule has 0 amide bonds. The first-order chi connectivity index (χ1) is 18.5. The van der Waals surface area contributed by atoms with Crippen LogP contribution in [0.15, 0.2) is 36.4 Å². The molecule has 212 valence electrons. The molecule has 11 nitrogen and oxygen atoms in total. The molecule has 0 aromatic heterocycles. The van der Waals surface area contributed by atoms with Gasteiger partial charge in [-0.1, -0.05) is 31.0 Å². The topological polar surface area (TPSA) is 172 Å². The van der Waals surface area contributed by atoms with E-state index in [2.05, 4.69) is 5.32 Å². The van der Waals surface area contributed by atoms with Crippen LogP contribution in [0.1, 0.15) is 56.6 Å². The van der Waals surface area contributed by atoms with Crippen LogP contribution in [-0.4, -0.2) is 57.3 Å². The number of hydrogen-bond acceptors (Lipinski definition) is 8. The Morgan fingerprint density at radius 1 is 1.03 bits per heavy atom. The molecule has 0 saturated heterocycles. The fourth-order valence-electron chi connectivity index (χ4n) is 4.74. The minimum Gasteiger partial charge on any atom is -0.493 e. The number of aliphatic carboxylic acids is 3. The average Bonchev–Trinajstić information content (AvgIpc) is 3.52. The second kappa shape index (κ2) is 12.8. The Labute approximate surface area is 224 Å². The molecule has 0 unspecified atom stereocenters. The number of rotatable bonds is 11. The van der Waals surface area contributed by atoms with Crippen LogP contribution < -0.4 is 19.5 Å². The Morgan fingerprint density at radius 2 is 1.62 bits per heavy atom. The number of carbonyl (C=O) groups is 3. The van der Waals surface area contributed by atoms with E-state index in [0.29, 0.717) is 18.9 Å². The van der Waals surface area contributed by atoms with Gasteiger partial charge in [-0.05, 0) is 31.9 Å². The highest BCUT2D eigenvalue weighted by atomic mass is 19.1. The van der Waals surface area contributed by atoms with Crippen molar-refractivity contribution in [1.82, 2.24) is 5.32 Å². The summed E-state index contributed by atoms with van der Waals surface area (Å²) in [5.41, 5.74) is -1.31. The fourth-order valence-corrected chi connectivity index (χ4v) is 4.74. The summed E-state index contributed by atoms with van der Waals surface area (Å²) in [7, 11) is 0. The summed E-state index contributed by atoms with van der Waals surface area (Å²) < 4.78 is 31.2. The Kier molecular flexibility index (Phi) is 9.71. The molecule has 0 radical (unpaired) electrons. The maximum absolute atomic E-state index is 14.5. The number of halogens is 1. The number of hydrogen-bond donors (Lipinski definition) is 5. The Hall–Kier alpha value is -3.90. The lowest BCUT2D eigenvalue weighted by Gasteiger charge is -2.32. The summed E-state index contributed by atoms with van der Waals surface area (Å²) in [5, 5.41) is 37.5. The molecule has 2 aromatic carbocycles. The Bertz CT molecular complexity index is 1180. The molecule has 1 saturated carbocycles. The van der Waals surface area contributed by atoms with Crippen molar-refractivity contribution >= 4 is 17.9 Å². The smallest absolute Gasteiger partial charge is 0.336 e. The first-order valence-electron chi connectivity index (χ1n) is 12.4. The summed E-state index contributed by atoms with van der Waals surface area (Å²) >= 11 is 0. The largest absolute Gasteiger partial charge is 0.493 e. The third kappa shape index (κ3) is 7.36. The number of fused-ring (bicyclic) bond motifs is 1. The van der Waals surface area contributed by atoms with Crippen molar-refractivity contribution in [3.05, 3.63) is 53.3 Å². The molecule has 0 atom stereocenters. The van der Waals surface area contributed by atoms with Crippen LogP contribution in [0.2, 0.25) is 0 Å². The first kappa shape index (κ1) is 29.7. The Morgan fingerprint density at radius 3 is 2.15 bits per heavy atom. The van der Waals surface area contributed by atoms with Gasteiger partial charge in [-0.3, -0.25) is 9.59 Å².